The summed E-state index contributed by atoms with van der Waals surface area (Å²) in [5, 5.41) is 21.2. The summed E-state index contributed by atoms with van der Waals surface area (Å²) < 4.78 is 7.16. The zero-order chi connectivity index (χ0) is 19.7. The Morgan fingerprint density at radius 2 is 2.07 bits per heavy atom. The molecule has 3 N–H and O–H groups in total. The van der Waals surface area contributed by atoms with Gasteiger partial charge in [0.25, 0.3) is 0 Å². The topological polar surface area (TPSA) is 96.6 Å². The Balaban J connectivity index is 0.00000392. The molecule has 0 saturated carbocycles. The molecule has 0 aliphatic heterocycles. The number of aliphatic hydroxyl groups is 1. The fourth-order valence-electron chi connectivity index (χ4n) is 2.37. The summed E-state index contributed by atoms with van der Waals surface area (Å²) in [7, 11) is 1.82. The number of hydrogen-bond acceptors (Lipinski definition) is 5. The Bertz CT molecular complexity index is 730. The molecule has 2 aromatic rings. The molecule has 0 aromatic carbocycles. The summed E-state index contributed by atoms with van der Waals surface area (Å²) in [5.74, 6) is 1.26. The Kier molecular flexibility index (Phi) is 10.2. The van der Waals surface area contributed by atoms with Gasteiger partial charge in [-0.15, -0.1) is 24.0 Å². The second-order valence-corrected chi connectivity index (χ2v) is 6.58. The lowest BCUT2D eigenvalue weighted by Gasteiger charge is -2.23. The Morgan fingerprint density at radius 3 is 2.64 bits per heavy atom. The van der Waals surface area contributed by atoms with Crippen molar-refractivity contribution in [2.75, 3.05) is 19.7 Å². The largest absolute Gasteiger partial charge is 0.478 e. The Labute approximate surface area is 183 Å². The van der Waals surface area contributed by atoms with Crippen molar-refractivity contribution in [1.29, 1.82) is 0 Å². The van der Waals surface area contributed by atoms with E-state index >= 15 is 0 Å². The molecule has 0 spiro atoms. The number of hydrogen-bond donors (Lipinski definition) is 3. The van der Waals surface area contributed by atoms with Gasteiger partial charge in [-0.1, -0.05) is 13.0 Å². The molecule has 2 aromatic heterocycles. The average Bonchev–Trinajstić information content (AvgIpc) is 3.10. The van der Waals surface area contributed by atoms with Crippen LogP contribution < -0.4 is 15.4 Å². The second kappa shape index (κ2) is 11.8. The third kappa shape index (κ3) is 7.63. The van der Waals surface area contributed by atoms with Gasteiger partial charge >= 0.3 is 0 Å². The number of nitrogens with zero attached hydrogens (tertiary/aromatic N) is 4. The Morgan fingerprint density at radius 1 is 1.29 bits per heavy atom. The molecule has 0 aliphatic carbocycles. The van der Waals surface area contributed by atoms with E-state index in [2.05, 4.69) is 32.6 Å². The molecule has 0 fully saturated rings. The fourth-order valence-corrected chi connectivity index (χ4v) is 2.37. The second-order valence-electron chi connectivity index (χ2n) is 6.58. The first kappa shape index (κ1) is 24.2. The van der Waals surface area contributed by atoms with Crippen LogP contribution in [-0.4, -0.2) is 45.5 Å². The summed E-state index contributed by atoms with van der Waals surface area (Å²) in [6, 6.07) is 3.81. The first-order valence-electron chi connectivity index (χ1n) is 9.26. The zero-order valence-electron chi connectivity index (χ0n) is 17.0. The third-order valence-corrected chi connectivity index (χ3v) is 3.94. The molecule has 9 heteroatoms. The molecule has 8 nitrogen and oxygen atoms in total. The number of guanidine groups is 1. The van der Waals surface area contributed by atoms with E-state index in [9.17, 15) is 5.11 Å². The maximum absolute atomic E-state index is 10.7. The molecule has 2 rings (SSSR count). The molecule has 0 aliphatic rings. The van der Waals surface area contributed by atoms with Crippen LogP contribution in [0.3, 0.4) is 0 Å². The predicted molar refractivity (Wildman–Crippen MR) is 121 cm³/mol. The predicted octanol–water partition coefficient (Wildman–Crippen LogP) is 2.18. The summed E-state index contributed by atoms with van der Waals surface area (Å²) in [6.07, 6.45) is 6.19. The van der Waals surface area contributed by atoms with E-state index in [1.807, 2.05) is 26.1 Å². The minimum absolute atomic E-state index is 0. The number of halogens is 1. The fraction of sp³-hybridized carbons (Fsp3) is 0.526. The van der Waals surface area contributed by atoms with E-state index in [-0.39, 0.29) is 24.0 Å². The highest BCUT2D eigenvalue weighted by atomic mass is 127. The number of aromatic nitrogens is 3. The highest BCUT2D eigenvalue weighted by Gasteiger charge is 2.24. The molecule has 0 bridgehead atoms. The molecule has 0 radical (unpaired) electrons. The quantitative estimate of drug-likeness (QED) is 0.277. The summed E-state index contributed by atoms with van der Waals surface area (Å²) >= 11 is 0. The van der Waals surface area contributed by atoms with Crippen molar-refractivity contribution in [1.82, 2.24) is 25.4 Å². The van der Waals surface area contributed by atoms with Gasteiger partial charge in [0.1, 0.15) is 5.60 Å². The standard InChI is InChI=1S/C19H30N6O2.HI/c1-5-9-27-17-8-7-15(10-21-17)11-22-18(20-6-2)23-14-19(3,26)16-12-24-25(4)13-16;/h7-8,10,12-13,26H,5-6,9,11,14H2,1-4H3,(H2,20,22,23);1H. The van der Waals surface area contributed by atoms with Crippen molar-refractivity contribution in [3.8, 4) is 5.88 Å². The van der Waals surface area contributed by atoms with Crippen LogP contribution in [0.1, 0.15) is 38.3 Å². The molecular weight excluding hydrogens is 471 g/mol. The van der Waals surface area contributed by atoms with Gasteiger partial charge in [-0.2, -0.15) is 5.10 Å². The summed E-state index contributed by atoms with van der Waals surface area (Å²) in [4.78, 5) is 8.84. The lowest BCUT2D eigenvalue weighted by Crippen LogP contribution is -2.44. The van der Waals surface area contributed by atoms with Gasteiger partial charge in [0, 0.05) is 37.6 Å². The van der Waals surface area contributed by atoms with E-state index in [0.29, 0.717) is 31.5 Å². The van der Waals surface area contributed by atoms with E-state index in [0.717, 1.165) is 24.1 Å². The SMILES string of the molecule is CCCOc1ccc(CN=C(NCC)NCC(C)(O)c2cnn(C)c2)cn1.I. The van der Waals surface area contributed by atoms with Crippen molar-refractivity contribution in [2.24, 2.45) is 12.0 Å². The van der Waals surface area contributed by atoms with Crippen molar-refractivity contribution >= 4 is 29.9 Å². The number of aliphatic imine (C=N–C) groups is 1. The number of aryl methyl sites for hydroxylation is 1. The van der Waals surface area contributed by atoms with E-state index in [1.54, 1.807) is 30.2 Å². The van der Waals surface area contributed by atoms with Crippen LogP contribution in [-0.2, 0) is 19.2 Å². The highest BCUT2D eigenvalue weighted by Crippen LogP contribution is 2.18. The highest BCUT2D eigenvalue weighted by molar-refractivity contribution is 14.0. The minimum Gasteiger partial charge on any atom is -0.478 e. The number of nitrogens with one attached hydrogen (secondary N) is 2. The van der Waals surface area contributed by atoms with Crippen molar-refractivity contribution in [2.45, 2.75) is 39.3 Å². The van der Waals surface area contributed by atoms with E-state index in [4.69, 9.17) is 4.74 Å². The summed E-state index contributed by atoms with van der Waals surface area (Å²) in [6.45, 7) is 7.98. The van der Waals surface area contributed by atoms with Crippen LogP contribution in [0, 0.1) is 0 Å². The number of rotatable bonds is 9. The first-order valence-corrected chi connectivity index (χ1v) is 9.26. The minimum atomic E-state index is -1.05. The zero-order valence-corrected chi connectivity index (χ0v) is 19.3. The van der Waals surface area contributed by atoms with Gasteiger partial charge in [0.05, 0.1) is 25.9 Å². The molecule has 28 heavy (non-hydrogen) atoms. The van der Waals surface area contributed by atoms with Gasteiger partial charge in [0.2, 0.25) is 5.88 Å². The lowest BCUT2D eigenvalue weighted by molar-refractivity contribution is 0.0616. The smallest absolute Gasteiger partial charge is 0.213 e. The van der Waals surface area contributed by atoms with Gasteiger partial charge in [0.15, 0.2) is 5.96 Å². The molecule has 0 saturated heterocycles. The molecular formula is C19H31IN6O2. The van der Waals surface area contributed by atoms with Gasteiger partial charge in [-0.25, -0.2) is 9.98 Å². The number of ether oxygens (including phenoxy) is 1. The van der Waals surface area contributed by atoms with E-state index < -0.39 is 5.60 Å². The van der Waals surface area contributed by atoms with Gasteiger partial charge < -0.3 is 20.5 Å². The van der Waals surface area contributed by atoms with Crippen LogP contribution in [0.5, 0.6) is 5.88 Å². The van der Waals surface area contributed by atoms with Crippen LogP contribution >= 0.6 is 24.0 Å². The monoisotopic (exact) mass is 502 g/mol. The third-order valence-electron chi connectivity index (χ3n) is 3.94. The molecule has 156 valence electrons. The summed E-state index contributed by atoms with van der Waals surface area (Å²) in [5.41, 5.74) is 0.680. The Hall–Kier alpha value is -1.88. The molecule has 1 atom stereocenters. The van der Waals surface area contributed by atoms with Crippen molar-refractivity contribution in [3.63, 3.8) is 0 Å². The van der Waals surface area contributed by atoms with Crippen LogP contribution in [0.2, 0.25) is 0 Å². The lowest BCUT2D eigenvalue weighted by atomic mass is 10.00. The van der Waals surface area contributed by atoms with Gasteiger partial charge in [-0.05, 0) is 25.8 Å². The number of pyridine rings is 1. The molecule has 2 heterocycles. The van der Waals surface area contributed by atoms with Crippen molar-refractivity contribution in [3.05, 3.63) is 41.9 Å². The molecule has 1 unspecified atom stereocenters. The molecule has 0 amide bonds. The van der Waals surface area contributed by atoms with Crippen LogP contribution in [0.25, 0.3) is 0 Å². The maximum atomic E-state index is 10.7. The van der Waals surface area contributed by atoms with Gasteiger partial charge in [-0.3, -0.25) is 4.68 Å². The normalized spacial score (nSPS) is 13.4. The first-order chi connectivity index (χ1) is 12.9. The van der Waals surface area contributed by atoms with Crippen molar-refractivity contribution < 1.29 is 9.84 Å². The average molecular weight is 502 g/mol. The van der Waals surface area contributed by atoms with Crippen LogP contribution in [0.4, 0.5) is 0 Å². The van der Waals surface area contributed by atoms with E-state index in [1.165, 1.54) is 0 Å². The maximum Gasteiger partial charge on any atom is 0.213 e. The van der Waals surface area contributed by atoms with Crippen LogP contribution in [0.15, 0.2) is 35.7 Å².